The van der Waals surface area contributed by atoms with E-state index in [9.17, 15) is 0 Å². The Morgan fingerprint density at radius 1 is 0.697 bits per heavy atom. The average molecular weight is 453 g/mol. The third-order valence-corrected chi connectivity index (χ3v) is 10.1. The van der Waals surface area contributed by atoms with Crippen LogP contribution in [0.15, 0.2) is 24.3 Å². The summed E-state index contributed by atoms with van der Waals surface area (Å²) in [6.07, 6.45) is 27.1. The van der Waals surface area contributed by atoms with E-state index in [1.54, 1.807) is 5.56 Å². The molecule has 0 amide bonds. The average Bonchev–Trinajstić information content (AvgIpc) is 2.88. The normalized spacial score (nSPS) is 31.6. The Balaban J connectivity index is 1.14. The number of ether oxygens (including phenoxy) is 1. The Bertz CT molecular complexity index is 656. The van der Waals surface area contributed by atoms with Crippen molar-refractivity contribution in [1.29, 1.82) is 0 Å². The van der Waals surface area contributed by atoms with Gasteiger partial charge in [0, 0.05) is 0 Å². The lowest BCUT2D eigenvalue weighted by Crippen LogP contribution is -2.44. The van der Waals surface area contributed by atoms with Gasteiger partial charge in [-0.1, -0.05) is 90.2 Å². The van der Waals surface area contributed by atoms with E-state index in [1.807, 2.05) is 0 Å². The quantitative estimate of drug-likeness (QED) is 0.270. The summed E-state index contributed by atoms with van der Waals surface area (Å²) in [6.45, 7) is 5.55. The molecular formula is C32H52O. The van der Waals surface area contributed by atoms with Gasteiger partial charge in [0.1, 0.15) is 5.75 Å². The molecule has 33 heavy (non-hydrogen) atoms. The molecule has 1 heteroatoms. The van der Waals surface area contributed by atoms with Gasteiger partial charge in [0.2, 0.25) is 0 Å². The SMILES string of the molecule is CCCCC[C@H]1CC[C@H](CCCOc2ccc(C34CCC(CCCC)(CC3)CC4)cc2)CC1. The number of rotatable bonds is 13. The first-order chi connectivity index (χ1) is 16.2. The van der Waals surface area contributed by atoms with Crippen molar-refractivity contribution in [2.45, 2.75) is 141 Å². The summed E-state index contributed by atoms with van der Waals surface area (Å²) in [5, 5.41) is 0. The lowest BCUT2D eigenvalue weighted by atomic mass is 9.51. The van der Waals surface area contributed by atoms with Crippen molar-refractivity contribution in [3.05, 3.63) is 29.8 Å². The van der Waals surface area contributed by atoms with Crippen LogP contribution in [0.25, 0.3) is 0 Å². The van der Waals surface area contributed by atoms with Crippen LogP contribution in [0.2, 0.25) is 0 Å². The highest BCUT2D eigenvalue weighted by Gasteiger charge is 2.48. The Morgan fingerprint density at radius 3 is 1.85 bits per heavy atom. The summed E-state index contributed by atoms with van der Waals surface area (Å²) >= 11 is 0. The minimum atomic E-state index is 0.474. The smallest absolute Gasteiger partial charge is 0.119 e. The lowest BCUT2D eigenvalue weighted by Gasteiger charge is -2.54. The highest BCUT2D eigenvalue weighted by atomic mass is 16.5. The zero-order valence-corrected chi connectivity index (χ0v) is 22.0. The molecule has 0 N–H and O–H groups in total. The molecule has 186 valence electrons. The monoisotopic (exact) mass is 452 g/mol. The zero-order chi connectivity index (χ0) is 23.0. The molecule has 0 heterocycles. The second-order valence-corrected chi connectivity index (χ2v) is 12.3. The molecule has 0 unspecified atom stereocenters. The van der Waals surface area contributed by atoms with Gasteiger partial charge in [-0.2, -0.15) is 0 Å². The Labute approximate surface area is 205 Å². The summed E-state index contributed by atoms with van der Waals surface area (Å²) in [5.41, 5.74) is 2.77. The number of hydrogen-bond donors (Lipinski definition) is 0. The van der Waals surface area contributed by atoms with E-state index in [2.05, 4.69) is 38.1 Å². The fourth-order valence-electron chi connectivity index (χ4n) is 7.58. The van der Waals surface area contributed by atoms with Gasteiger partial charge in [0.25, 0.3) is 0 Å². The Morgan fingerprint density at radius 2 is 1.27 bits per heavy atom. The topological polar surface area (TPSA) is 9.23 Å². The van der Waals surface area contributed by atoms with Gasteiger partial charge < -0.3 is 4.74 Å². The second-order valence-electron chi connectivity index (χ2n) is 12.3. The maximum absolute atomic E-state index is 6.16. The second kappa shape index (κ2) is 12.1. The van der Waals surface area contributed by atoms with Gasteiger partial charge in [0.05, 0.1) is 6.61 Å². The van der Waals surface area contributed by atoms with Gasteiger partial charge in [-0.05, 0) is 98.1 Å². The largest absolute Gasteiger partial charge is 0.494 e. The molecule has 4 aliphatic rings. The van der Waals surface area contributed by atoms with E-state index in [-0.39, 0.29) is 0 Å². The molecule has 1 aromatic rings. The van der Waals surface area contributed by atoms with Crippen LogP contribution in [0.5, 0.6) is 5.75 Å². The molecule has 2 bridgehead atoms. The van der Waals surface area contributed by atoms with Gasteiger partial charge >= 0.3 is 0 Å². The third kappa shape index (κ3) is 6.58. The standard InChI is InChI=1S/C32H52O/c1-3-5-7-9-27-11-13-28(14-12-27)10-8-26-33-30-17-15-29(16-18-30)32-23-20-31(21-24-32,22-25-32)19-6-4-2/h15-18,27-28H,3-14,19-26H2,1-2H3/t27-,28-,31?,32?. The Hall–Kier alpha value is -0.980. The summed E-state index contributed by atoms with van der Waals surface area (Å²) in [4.78, 5) is 0. The highest BCUT2D eigenvalue weighted by molar-refractivity contribution is 5.34. The first kappa shape index (κ1) is 25.1. The molecule has 0 saturated heterocycles. The molecule has 4 aliphatic carbocycles. The van der Waals surface area contributed by atoms with Crippen LogP contribution in [-0.2, 0) is 5.41 Å². The third-order valence-electron chi connectivity index (χ3n) is 10.1. The first-order valence-electron chi connectivity index (χ1n) is 14.9. The fraction of sp³-hybridized carbons (Fsp3) is 0.812. The van der Waals surface area contributed by atoms with Crippen LogP contribution in [0.1, 0.15) is 141 Å². The number of fused-ring (bicyclic) bond motifs is 3. The van der Waals surface area contributed by atoms with Crippen molar-refractivity contribution >= 4 is 0 Å². The maximum Gasteiger partial charge on any atom is 0.119 e. The van der Waals surface area contributed by atoms with E-state index in [1.165, 1.54) is 122 Å². The molecule has 0 radical (unpaired) electrons. The van der Waals surface area contributed by atoms with Crippen molar-refractivity contribution in [2.75, 3.05) is 6.61 Å². The van der Waals surface area contributed by atoms with Crippen LogP contribution < -0.4 is 4.74 Å². The van der Waals surface area contributed by atoms with Gasteiger partial charge in [-0.25, -0.2) is 0 Å². The van der Waals surface area contributed by atoms with E-state index in [0.717, 1.165) is 24.2 Å². The molecule has 0 aromatic heterocycles. The summed E-state index contributed by atoms with van der Waals surface area (Å²) in [6, 6.07) is 9.33. The minimum Gasteiger partial charge on any atom is -0.494 e. The zero-order valence-electron chi connectivity index (χ0n) is 22.0. The molecule has 0 atom stereocenters. The molecule has 4 saturated carbocycles. The molecule has 0 spiro atoms. The van der Waals surface area contributed by atoms with Crippen LogP contribution >= 0.6 is 0 Å². The van der Waals surface area contributed by atoms with Crippen LogP contribution in [0.3, 0.4) is 0 Å². The predicted molar refractivity (Wildman–Crippen MR) is 142 cm³/mol. The summed E-state index contributed by atoms with van der Waals surface area (Å²) < 4.78 is 6.16. The number of benzene rings is 1. The summed E-state index contributed by atoms with van der Waals surface area (Å²) in [7, 11) is 0. The van der Waals surface area contributed by atoms with Gasteiger partial charge in [-0.3, -0.25) is 0 Å². The fourth-order valence-corrected chi connectivity index (χ4v) is 7.58. The van der Waals surface area contributed by atoms with Crippen molar-refractivity contribution in [1.82, 2.24) is 0 Å². The van der Waals surface area contributed by atoms with Gasteiger partial charge in [-0.15, -0.1) is 0 Å². The van der Waals surface area contributed by atoms with Crippen molar-refractivity contribution in [3.8, 4) is 5.75 Å². The van der Waals surface area contributed by atoms with E-state index >= 15 is 0 Å². The van der Waals surface area contributed by atoms with E-state index < -0.39 is 0 Å². The first-order valence-corrected chi connectivity index (χ1v) is 14.9. The molecular weight excluding hydrogens is 400 g/mol. The summed E-state index contributed by atoms with van der Waals surface area (Å²) in [5.74, 6) is 3.07. The number of hydrogen-bond acceptors (Lipinski definition) is 1. The van der Waals surface area contributed by atoms with Gasteiger partial charge in [0.15, 0.2) is 0 Å². The van der Waals surface area contributed by atoms with E-state index in [4.69, 9.17) is 4.74 Å². The van der Waals surface area contributed by atoms with Crippen LogP contribution in [0.4, 0.5) is 0 Å². The van der Waals surface area contributed by atoms with Crippen LogP contribution in [-0.4, -0.2) is 6.61 Å². The maximum atomic E-state index is 6.16. The molecule has 4 fully saturated rings. The predicted octanol–water partition coefficient (Wildman–Crippen LogP) is 10.0. The Kier molecular flexibility index (Phi) is 9.23. The minimum absolute atomic E-state index is 0.474. The van der Waals surface area contributed by atoms with Crippen LogP contribution in [0, 0.1) is 17.3 Å². The van der Waals surface area contributed by atoms with Crippen molar-refractivity contribution in [2.24, 2.45) is 17.3 Å². The van der Waals surface area contributed by atoms with E-state index in [0.29, 0.717) is 10.8 Å². The molecule has 1 aromatic carbocycles. The molecule has 1 nitrogen and oxygen atoms in total. The van der Waals surface area contributed by atoms with Crippen molar-refractivity contribution < 1.29 is 4.74 Å². The van der Waals surface area contributed by atoms with Crippen molar-refractivity contribution in [3.63, 3.8) is 0 Å². The molecule has 0 aliphatic heterocycles. The molecule has 5 rings (SSSR count). The number of unbranched alkanes of at least 4 members (excludes halogenated alkanes) is 3. The highest BCUT2D eigenvalue weighted by Crippen LogP contribution is 2.59. The lowest BCUT2D eigenvalue weighted by molar-refractivity contribution is 0.0308.